The van der Waals surface area contributed by atoms with Crippen molar-refractivity contribution in [3.05, 3.63) is 36.1 Å². The first-order chi connectivity index (χ1) is 9.44. The fourth-order valence-corrected chi connectivity index (χ4v) is 4.15. The lowest BCUT2D eigenvalue weighted by Crippen LogP contribution is -2.14. The summed E-state index contributed by atoms with van der Waals surface area (Å²) in [7, 11) is -3.00. The molecule has 7 heteroatoms. The fraction of sp³-hybridized carbons (Fsp3) is 0.308. The Morgan fingerprint density at radius 3 is 2.80 bits per heavy atom. The highest BCUT2D eigenvalue weighted by molar-refractivity contribution is 7.91. The molecule has 2 aromatic rings. The molecule has 1 aliphatic rings. The molecule has 1 unspecified atom stereocenters. The van der Waals surface area contributed by atoms with Crippen LogP contribution in [0.25, 0.3) is 11.3 Å². The Hall–Kier alpha value is -1.89. The smallest absolute Gasteiger partial charge is 0.152 e. The lowest BCUT2D eigenvalue weighted by Gasteiger charge is -2.09. The van der Waals surface area contributed by atoms with Gasteiger partial charge in [0.2, 0.25) is 0 Å². The van der Waals surface area contributed by atoms with Crippen molar-refractivity contribution in [1.29, 1.82) is 0 Å². The summed E-state index contributed by atoms with van der Waals surface area (Å²) in [5.41, 5.74) is 7.07. The van der Waals surface area contributed by atoms with E-state index in [0.717, 1.165) is 0 Å². The standard InChI is InChI=1S/C13H14FN3O2S/c14-10-3-1-2-9(6-10)12-7-13(15)17(16-12)11-4-5-20(18,19)8-11/h1-3,6-7,11H,4-5,8,15H2. The second-order valence-electron chi connectivity index (χ2n) is 4.97. The summed E-state index contributed by atoms with van der Waals surface area (Å²) in [6.45, 7) is 0. The van der Waals surface area contributed by atoms with Crippen LogP contribution in [0.5, 0.6) is 0 Å². The molecule has 1 aromatic heterocycles. The first-order valence-corrected chi connectivity index (χ1v) is 8.08. The van der Waals surface area contributed by atoms with Crippen LogP contribution in [0.3, 0.4) is 0 Å². The molecule has 106 valence electrons. The predicted molar refractivity (Wildman–Crippen MR) is 74.3 cm³/mol. The number of hydrogen-bond donors (Lipinski definition) is 1. The zero-order chi connectivity index (χ0) is 14.3. The summed E-state index contributed by atoms with van der Waals surface area (Å²) in [6, 6.07) is 7.47. The molecule has 0 radical (unpaired) electrons. The number of benzene rings is 1. The van der Waals surface area contributed by atoms with E-state index < -0.39 is 9.84 Å². The molecule has 1 saturated heterocycles. The van der Waals surface area contributed by atoms with Crippen molar-refractivity contribution in [2.75, 3.05) is 17.2 Å². The Morgan fingerprint density at radius 2 is 2.15 bits per heavy atom. The molecule has 1 aromatic carbocycles. The van der Waals surface area contributed by atoms with Crippen molar-refractivity contribution in [2.24, 2.45) is 0 Å². The van der Waals surface area contributed by atoms with Crippen molar-refractivity contribution in [2.45, 2.75) is 12.5 Å². The van der Waals surface area contributed by atoms with Gasteiger partial charge >= 0.3 is 0 Å². The average Bonchev–Trinajstić information content (AvgIpc) is 2.92. The molecular formula is C13H14FN3O2S. The van der Waals surface area contributed by atoms with Crippen LogP contribution in [-0.2, 0) is 9.84 Å². The fourth-order valence-electron chi connectivity index (χ4n) is 2.46. The van der Waals surface area contributed by atoms with E-state index in [2.05, 4.69) is 5.10 Å². The van der Waals surface area contributed by atoms with Gasteiger partial charge in [0.15, 0.2) is 9.84 Å². The van der Waals surface area contributed by atoms with Crippen LogP contribution in [0.2, 0.25) is 0 Å². The third-order valence-electron chi connectivity index (χ3n) is 3.44. The molecule has 3 rings (SSSR count). The molecular weight excluding hydrogens is 281 g/mol. The van der Waals surface area contributed by atoms with E-state index in [0.29, 0.717) is 23.5 Å². The van der Waals surface area contributed by atoms with Gasteiger partial charge in [0.1, 0.15) is 11.6 Å². The number of anilines is 1. The van der Waals surface area contributed by atoms with E-state index in [9.17, 15) is 12.8 Å². The monoisotopic (exact) mass is 295 g/mol. The molecule has 5 nitrogen and oxygen atoms in total. The first kappa shape index (κ1) is 13.1. The minimum atomic E-state index is -3.00. The normalized spacial score (nSPS) is 21.1. The molecule has 1 atom stereocenters. The van der Waals surface area contributed by atoms with E-state index in [4.69, 9.17) is 5.73 Å². The number of rotatable bonds is 2. The minimum Gasteiger partial charge on any atom is -0.384 e. The van der Waals surface area contributed by atoms with Gasteiger partial charge in [0, 0.05) is 11.6 Å². The topological polar surface area (TPSA) is 78.0 Å². The number of nitrogens with zero attached hydrogens (tertiary/aromatic N) is 2. The van der Waals surface area contributed by atoms with Gasteiger partial charge in [-0.1, -0.05) is 12.1 Å². The van der Waals surface area contributed by atoms with E-state index in [1.165, 1.54) is 16.8 Å². The van der Waals surface area contributed by atoms with Crippen LogP contribution < -0.4 is 5.73 Å². The van der Waals surface area contributed by atoms with Crippen LogP contribution in [0.4, 0.5) is 10.2 Å². The maximum atomic E-state index is 13.2. The van der Waals surface area contributed by atoms with E-state index in [1.54, 1.807) is 18.2 Å². The molecule has 0 saturated carbocycles. The Labute approximate surface area is 116 Å². The molecule has 1 aliphatic heterocycles. The minimum absolute atomic E-state index is 0.0570. The molecule has 0 amide bonds. The van der Waals surface area contributed by atoms with Crippen LogP contribution in [0.1, 0.15) is 12.5 Å². The third-order valence-corrected chi connectivity index (χ3v) is 5.19. The summed E-state index contributed by atoms with van der Waals surface area (Å²) < 4.78 is 37.8. The third kappa shape index (κ3) is 2.40. The van der Waals surface area contributed by atoms with Crippen molar-refractivity contribution in [1.82, 2.24) is 9.78 Å². The molecule has 2 heterocycles. The summed E-state index contributed by atoms with van der Waals surface area (Å²) in [5, 5.41) is 4.33. The van der Waals surface area contributed by atoms with Crippen LogP contribution in [0, 0.1) is 5.82 Å². The number of halogens is 1. The number of nitrogen functional groups attached to an aromatic ring is 1. The average molecular weight is 295 g/mol. The summed E-state index contributed by atoms with van der Waals surface area (Å²) in [5.74, 6) is 0.263. The van der Waals surface area contributed by atoms with E-state index in [1.807, 2.05) is 0 Å². The van der Waals surface area contributed by atoms with Crippen molar-refractivity contribution in [3.63, 3.8) is 0 Å². The molecule has 2 N–H and O–H groups in total. The Kier molecular flexibility index (Phi) is 3.01. The maximum absolute atomic E-state index is 13.2. The summed E-state index contributed by atoms with van der Waals surface area (Å²) >= 11 is 0. The number of aromatic nitrogens is 2. The van der Waals surface area contributed by atoms with Crippen LogP contribution in [-0.4, -0.2) is 29.7 Å². The first-order valence-electron chi connectivity index (χ1n) is 6.26. The lowest BCUT2D eigenvalue weighted by atomic mass is 10.1. The van der Waals surface area contributed by atoms with Crippen LogP contribution >= 0.6 is 0 Å². The Bertz CT molecular complexity index is 755. The number of hydrogen-bond acceptors (Lipinski definition) is 4. The van der Waals surface area contributed by atoms with Crippen molar-refractivity contribution >= 4 is 15.7 Å². The number of nitrogens with two attached hydrogens (primary N) is 1. The molecule has 1 fully saturated rings. The predicted octanol–water partition coefficient (Wildman–Crippen LogP) is 1.63. The van der Waals surface area contributed by atoms with Crippen molar-refractivity contribution in [3.8, 4) is 11.3 Å². The molecule has 0 aliphatic carbocycles. The van der Waals surface area contributed by atoms with Gasteiger partial charge in [-0.2, -0.15) is 5.10 Å². The highest BCUT2D eigenvalue weighted by Crippen LogP contribution is 2.28. The van der Waals surface area contributed by atoms with Crippen molar-refractivity contribution < 1.29 is 12.8 Å². The quantitative estimate of drug-likeness (QED) is 0.913. The summed E-state index contributed by atoms with van der Waals surface area (Å²) in [4.78, 5) is 0. The van der Waals surface area contributed by atoms with Gasteiger partial charge in [0.25, 0.3) is 0 Å². The molecule has 0 bridgehead atoms. The van der Waals surface area contributed by atoms with Gasteiger partial charge in [-0.25, -0.2) is 17.5 Å². The second kappa shape index (κ2) is 4.59. The SMILES string of the molecule is Nc1cc(-c2cccc(F)c2)nn1C1CCS(=O)(=O)C1. The maximum Gasteiger partial charge on any atom is 0.152 e. The number of sulfone groups is 1. The molecule has 20 heavy (non-hydrogen) atoms. The van der Waals surface area contributed by atoms with E-state index >= 15 is 0 Å². The highest BCUT2D eigenvalue weighted by Gasteiger charge is 2.31. The Balaban J connectivity index is 1.96. The summed E-state index contributed by atoms with van der Waals surface area (Å²) in [6.07, 6.45) is 0.511. The van der Waals surface area contributed by atoms with Gasteiger partial charge in [-0.15, -0.1) is 0 Å². The van der Waals surface area contributed by atoms with Crippen LogP contribution in [0.15, 0.2) is 30.3 Å². The van der Waals surface area contributed by atoms with Gasteiger partial charge < -0.3 is 5.73 Å². The highest BCUT2D eigenvalue weighted by atomic mass is 32.2. The zero-order valence-electron chi connectivity index (χ0n) is 10.7. The zero-order valence-corrected chi connectivity index (χ0v) is 11.5. The van der Waals surface area contributed by atoms with Gasteiger partial charge in [-0.3, -0.25) is 0 Å². The second-order valence-corrected chi connectivity index (χ2v) is 7.19. The molecule has 0 spiro atoms. The Morgan fingerprint density at radius 1 is 1.35 bits per heavy atom. The van der Waals surface area contributed by atoms with Gasteiger partial charge in [0.05, 0.1) is 23.2 Å². The largest absolute Gasteiger partial charge is 0.384 e. The van der Waals surface area contributed by atoms with Gasteiger partial charge in [-0.05, 0) is 18.6 Å². The van der Waals surface area contributed by atoms with E-state index in [-0.39, 0.29) is 23.4 Å². The lowest BCUT2D eigenvalue weighted by molar-refractivity contribution is 0.508.